The second-order valence-corrected chi connectivity index (χ2v) is 7.81. The van der Waals surface area contributed by atoms with Gasteiger partial charge in [0.05, 0.1) is 5.56 Å². The van der Waals surface area contributed by atoms with E-state index in [2.05, 4.69) is 15.3 Å². The van der Waals surface area contributed by atoms with E-state index >= 15 is 0 Å². The third-order valence-electron chi connectivity index (χ3n) is 5.55. The molecule has 2 aliphatic rings. The van der Waals surface area contributed by atoms with E-state index in [-0.39, 0.29) is 5.56 Å². The van der Waals surface area contributed by atoms with Crippen molar-refractivity contribution in [1.29, 1.82) is 0 Å². The number of aryl methyl sites for hydroxylation is 1. The molecule has 2 aromatic heterocycles. The van der Waals surface area contributed by atoms with Gasteiger partial charge in [-0.25, -0.2) is 4.98 Å². The molecule has 0 bridgehead atoms. The lowest BCUT2D eigenvalue weighted by atomic mass is 10.0. The molecule has 1 saturated carbocycles. The van der Waals surface area contributed by atoms with Crippen LogP contribution in [-0.2, 0) is 6.18 Å². The minimum atomic E-state index is -4.66. The van der Waals surface area contributed by atoms with E-state index < -0.39 is 23.2 Å². The van der Waals surface area contributed by atoms with Crippen LogP contribution in [-0.4, -0.2) is 41.4 Å². The molecule has 1 N–H and O–H groups in total. The normalized spacial score (nSPS) is 20.0. The van der Waals surface area contributed by atoms with E-state index in [0.717, 1.165) is 24.9 Å². The zero-order valence-electron chi connectivity index (χ0n) is 16.2. The number of alkyl halides is 3. The van der Waals surface area contributed by atoms with Crippen LogP contribution in [0.5, 0.6) is 0 Å². The third-order valence-corrected chi connectivity index (χ3v) is 5.55. The van der Waals surface area contributed by atoms with E-state index in [9.17, 15) is 18.0 Å². The number of nitrogens with one attached hydrogen (secondary N) is 1. The maximum Gasteiger partial charge on any atom is 0.418 e. The molecule has 2 fully saturated rings. The molecule has 1 aliphatic heterocycles. The smallest absolute Gasteiger partial charge is 0.354 e. The van der Waals surface area contributed by atoms with Crippen molar-refractivity contribution in [2.45, 2.75) is 38.4 Å². The first-order chi connectivity index (χ1) is 13.8. The molecular weight excluding hydrogens is 381 g/mol. The van der Waals surface area contributed by atoms with Gasteiger partial charge in [-0.1, -0.05) is 12.8 Å². The maximum atomic E-state index is 13.6. The van der Waals surface area contributed by atoms with E-state index in [4.69, 9.17) is 0 Å². The minimum absolute atomic E-state index is 0.134. The molecule has 8 heteroatoms. The number of anilines is 1. The quantitative estimate of drug-likeness (QED) is 0.772. The first-order valence-electron chi connectivity index (χ1n) is 9.86. The number of halogens is 3. The number of carbonyl (C=O) groups is 1. The number of ketones is 1. The number of nitrogens with zero attached hydrogens (tertiary/aromatic N) is 3. The third kappa shape index (κ3) is 4.42. The standard InChI is InChI=1S/C21H23F3N4O/c1-13-16(3-2-8-25-13)20(29)19-17(21(22,23)24)6-7-18(27-19)28-10-9-26-15(12-28)11-14-4-5-14/h2-3,6-8,14-15,26H,4-5,9-12H2,1H3. The lowest BCUT2D eigenvalue weighted by Gasteiger charge is -2.35. The highest BCUT2D eigenvalue weighted by Gasteiger charge is 2.37. The van der Waals surface area contributed by atoms with Gasteiger partial charge >= 0.3 is 6.18 Å². The van der Waals surface area contributed by atoms with Crippen molar-refractivity contribution in [3.05, 3.63) is 53.0 Å². The predicted molar refractivity (Wildman–Crippen MR) is 103 cm³/mol. The van der Waals surface area contributed by atoms with Crippen LogP contribution in [0.2, 0.25) is 0 Å². The van der Waals surface area contributed by atoms with Crippen molar-refractivity contribution in [3.8, 4) is 0 Å². The van der Waals surface area contributed by atoms with Crippen LogP contribution >= 0.6 is 0 Å². The monoisotopic (exact) mass is 404 g/mol. The number of rotatable bonds is 5. The van der Waals surface area contributed by atoms with Crippen molar-refractivity contribution < 1.29 is 18.0 Å². The fourth-order valence-electron chi connectivity index (χ4n) is 3.83. The number of pyridine rings is 2. The molecule has 29 heavy (non-hydrogen) atoms. The molecule has 5 nitrogen and oxygen atoms in total. The molecule has 3 heterocycles. The summed E-state index contributed by atoms with van der Waals surface area (Å²) >= 11 is 0. The summed E-state index contributed by atoms with van der Waals surface area (Å²) in [4.78, 5) is 23.2. The number of aromatic nitrogens is 2. The summed E-state index contributed by atoms with van der Waals surface area (Å²) < 4.78 is 40.7. The zero-order valence-corrected chi connectivity index (χ0v) is 16.2. The fourth-order valence-corrected chi connectivity index (χ4v) is 3.83. The number of carbonyl (C=O) groups excluding carboxylic acids is 1. The summed E-state index contributed by atoms with van der Waals surface area (Å²) in [5.74, 6) is 0.401. The topological polar surface area (TPSA) is 58.1 Å². The summed E-state index contributed by atoms with van der Waals surface area (Å²) in [7, 11) is 0. The molecule has 1 saturated heterocycles. The second-order valence-electron chi connectivity index (χ2n) is 7.81. The highest BCUT2D eigenvalue weighted by molar-refractivity contribution is 6.09. The Kier molecular flexibility index (Phi) is 5.29. The Hall–Kier alpha value is -2.48. The summed E-state index contributed by atoms with van der Waals surface area (Å²) in [6.45, 7) is 3.65. The van der Waals surface area contributed by atoms with Gasteiger partial charge in [-0.15, -0.1) is 0 Å². The van der Waals surface area contributed by atoms with Crippen LogP contribution in [0, 0.1) is 12.8 Å². The number of hydrogen-bond acceptors (Lipinski definition) is 5. The van der Waals surface area contributed by atoms with Crippen LogP contribution in [0.1, 0.15) is 46.6 Å². The molecule has 2 aromatic rings. The molecule has 0 spiro atoms. The Morgan fingerprint density at radius 2 is 2.07 bits per heavy atom. The van der Waals surface area contributed by atoms with Crippen LogP contribution in [0.3, 0.4) is 0 Å². The molecule has 0 amide bonds. The SMILES string of the molecule is Cc1ncccc1C(=O)c1nc(N2CCNC(CC3CC3)C2)ccc1C(F)(F)F. The molecule has 0 radical (unpaired) electrons. The van der Waals surface area contributed by atoms with Gasteiger partial charge in [-0.3, -0.25) is 9.78 Å². The molecule has 1 unspecified atom stereocenters. The van der Waals surface area contributed by atoms with Crippen molar-refractivity contribution >= 4 is 11.6 Å². The van der Waals surface area contributed by atoms with Crippen LogP contribution in [0.15, 0.2) is 30.5 Å². The van der Waals surface area contributed by atoms with Gasteiger partial charge in [0.1, 0.15) is 11.5 Å². The minimum Gasteiger partial charge on any atom is -0.354 e. The fraction of sp³-hybridized carbons (Fsp3) is 0.476. The Morgan fingerprint density at radius 3 is 2.76 bits per heavy atom. The van der Waals surface area contributed by atoms with Crippen molar-refractivity contribution in [2.75, 3.05) is 24.5 Å². The summed E-state index contributed by atoms with van der Waals surface area (Å²) in [6, 6.07) is 5.65. The van der Waals surface area contributed by atoms with Gasteiger partial charge in [-0.05, 0) is 43.5 Å². The van der Waals surface area contributed by atoms with Gasteiger partial charge in [0, 0.05) is 43.1 Å². The van der Waals surface area contributed by atoms with Crippen LogP contribution in [0.4, 0.5) is 19.0 Å². The van der Waals surface area contributed by atoms with Crippen LogP contribution < -0.4 is 10.2 Å². The van der Waals surface area contributed by atoms with Crippen molar-refractivity contribution in [2.24, 2.45) is 5.92 Å². The highest BCUT2D eigenvalue weighted by atomic mass is 19.4. The van der Waals surface area contributed by atoms with Gasteiger partial charge in [0.2, 0.25) is 5.78 Å². The lowest BCUT2D eigenvalue weighted by molar-refractivity contribution is -0.138. The first-order valence-corrected chi connectivity index (χ1v) is 9.86. The molecule has 0 aromatic carbocycles. The molecule has 1 aliphatic carbocycles. The predicted octanol–water partition coefficient (Wildman–Crippen LogP) is 3.61. The average molecular weight is 404 g/mol. The lowest BCUT2D eigenvalue weighted by Crippen LogP contribution is -2.51. The molecule has 1 atom stereocenters. The average Bonchev–Trinajstić information content (AvgIpc) is 3.51. The molecular formula is C21H23F3N4O. The van der Waals surface area contributed by atoms with E-state index in [1.807, 2.05) is 4.90 Å². The van der Waals surface area contributed by atoms with Crippen molar-refractivity contribution in [3.63, 3.8) is 0 Å². The number of piperazine rings is 1. The molecule has 154 valence electrons. The van der Waals surface area contributed by atoms with E-state index in [1.54, 1.807) is 6.92 Å². The second kappa shape index (κ2) is 7.74. The van der Waals surface area contributed by atoms with Gasteiger partial charge in [0.25, 0.3) is 0 Å². The van der Waals surface area contributed by atoms with Gasteiger partial charge in [-0.2, -0.15) is 13.2 Å². The highest BCUT2D eigenvalue weighted by Crippen LogP contribution is 2.35. The Morgan fingerprint density at radius 1 is 1.28 bits per heavy atom. The first kappa shape index (κ1) is 19.8. The Labute approximate surface area is 167 Å². The van der Waals surface area contributed by atoms with E-state index in [1.165, 1.54) is 37.2 Å². The van der Waals surface area contributed by atoms with Gasteiger partial charge < -0.3 is 10.2 Å². The van der Waals surface area contributed by atoms with E-state index in [0.29, 0.717) is 30.6 Å². The molecule has 4 rings (SSSR count). The largest absolute Gasteiger partial charge is 0.418 e. The Bertz CT molecular complexity index is 911. The summed E-state index contributed by atoms with van der Waals surface area (Å²) in [6.07, 6.45) is 0.406. The van der Waals surface area contributed by atoms with Crippen LogP contribution in [0.25, 0.3) is 0 Å². The summed E-state index contributed by atoms with van der Waals surface area (Å²) in [5, 5.41) is 3.47. The van der Waals surface area contributed by atoms with Gasteiger partial charge in [0.15, 0.2) is 0 Å². The number of hydrogen-bond donors (Lipinski definition) is 1. The summed E-state index contributed by atoms with van der Waals surface area (Å²) in [5.41, 5.74) is -1.07. The zero-order chi connectivity index (χ0) is 20.6. The maximum absolute atomic E-state index is 13.6. The van der Waals surface area contributed by atoms with Crippen molar-refractivity contribution in [1.82, 2.24) is 15.3 Å². The Balaban J connectivity index is 1.67.